The van der Waals surface area contributed by atoms with Crippen molar-refractivity contribution in [1.82, 2.24) is 15.1 Å². The highest BCUT2D eigenvalue weighted by molar-refractivity contribution is 6.33. The second-order valence-electron chi connectivity index (χ2n) is 9.61. The minimum absolute atomic E-state index is 0.151. The van der Waals surface area contributed by atoms with Gasteiger partial charge in [-0.2, -0.15) is 0 Å². The third kappa shape index (κ3) is 6.23. The smallest absolute Gasteiger partial charge is 0.255 e. The van der Waals surface area contributed by atoms with Crippen molar-refractivity contribution in [3.05, 3.63) is 22.7 Å². The monoisotopic (exact) mass is 524 g/mol. The summed E-state index contributed by atoms with van der Waals surface area (Å²) in [5, 5.41) is 3.37. The van der Waals surface area contributed by atoms with Gasteiger partial charge < -0.3 is 39.8 Å². The van der Waals surface area contributed by atoms with E-state index >= 15 is 0 Å². The topological polar surface area (TPSA) is 116 Å². The summed E-state index contributed by atoms with van der Waals surface area (Å²) in [4.78, 5) is 29.9. The molecule has 3 saturated heterocycles. The van der Waals surface area contributed by atoms with Crippen LogP contribution in [-0.2, 0) is 19.0 Å². The molecule has 200 valence electrons. The van der Waals surface area contributed by atoms with Crippen molar-refractivity contribution in [2.45, 2.75) is 50.0 Å². The van der Waals surface area contributed by atoms with Crippen LogP contribution in [0.15, 0.2) is 12.1 Å². The minimum Gasteiger partial charge on any atom is -0.496 e. The van der Waals surface area contributed by atoms with Crippen LogP contribution in [0.4, 0.5) is 5.69 Å². The fourth-order valence-corrected chi connectivity index (χ4v) is 5.41. The minimum atomic E-state index is -0.461. The molecule has 3 N–H and O–H groups in total. The fraction of sp³-hybridized carbons (Fsp3) is 0.680. The molecular formula is C25H37ClN4O6. The molecule has 0 bridgehead atoms. The van der Waals surface area contributed by atoms with Gasteiger partial charge >= 0.3 is 0 Å². The Hall–Kier alpha value is -2.11. The standard InChI is InChI=1S/C25H37ClN4O6/c1-33-21-15-19(27)18(26)14-17(21)24(32)28-20-5-9-29(16-22(20)34-2)8-3-4-23(31)30-10-6-25(7-11-30)35-12-13-36-25/h14-15,20,22H,3-13,16,27H2,1-2H3,(H,28,32)/t20-,22+/m0/s1. The normalized spacial score (nSPS) is 24.1. The number of nitrogens with zero attached hydrogens (tertiary/aromatic N) is 2. The van der Waals surface area contributed by atoms with E-state index in [1.807, 2.05) is 4.90 Å². The van der Waals surface area contributed by atoms with Crippen molar-refractivity contribution in [3.8, 4) is 5.75 Å². The van der Waals surface area contributed by atoms with E-state index in [0.717, 1.165) is 38.8 Å². The van der Waals surface area contributed by atoms with Crippen molar-refractivity contribution in [2.75, 3.05) is 65.9 Å². The summed E-state index contributed by atoms with van der Waals surface area (Å²) in [6, 6.07) is 2.92. The number of nitrogens with two attached hydrogens (primary N) is 1. The summed E-state index contributed by atoms with van der Waals surface area (Å²) in [6.07, 6.45) is 3.34. The van der Waals surface area contributed by atoms with E-state index in [4.69, 9.17) is 36.3 Å². The van der Waals surface area contributed by atoms with Crippen molar-refractivity contribution < 1.29 is 28.5 Å². The fourth-order valence-electron chi connectivity index (χ4n) is 5.24. The van der Waals surface area contributed by atoms with Gasteiger partial charge in [0.05, 0.1) is 48.7 Å². The van der Waals surface area contributed by atoms with Gasteiger partial charge in [0.15, 0.2) is 5.79 Å². The van der Waals surface area contributed by atoms with Crippen LogP contribution in [0, 0.1) is 0 Å². The number of nitrogens with one attached hydrogen (secondary N) is 1. The van der Waals surface area contributed by atoms with Crippen LogP contribution in [-0.4, -0.2) is 99.7 Å². The number of ether oxygens (including phenoxy) is 4. The van der Waals surface area contributed by atoms with Gasteiger partial charge in [0.25, 0.3) is 5.91 Å². The van der Waals surface area contributed by atoms with Gasteiger partial charge in [0, 0.05) is 58.6 Å². The van der Waals surface area contributed by atoms with Gasteiger partial charge in [-0.15, -0.1) is 0 Å². The van der Waals surface area contributed by atoms with E-state index in [9.17, 15) is 9.59 Å². The lowest BCUT2D eigenvalue weighted by atomic mass is 10.00. The molecule has 1 aromatic carbocycles. The van der Waals surface area contributed by atoms with Crippen molar-refractivity contribution in [3.63, 3.8) is 0 Å². The lowest BCUT2D eigenvalue weighted by Crippen LogP contribution is -2.55. The molecule has 10 nitrogen and oxygen atoms in total. The zero-order valence-electron chi connectivity index (χ0n) is 21.1. The van der Waals surface area contributed by atoms with Gasteiger partial charge in [0.2, 0.25) is 5.91 Å². The predicted molar refractivity (Wildman–Crippen MR) is 135 cm³/mol. The molecule has 0 radical (unpaired) electrons. The molecule has 0 saturated carbocycles. The molecule has 1 aromatic rings. The molecule has 36 heavy (non-hydrogen) atoms. The molecule has 0 aromatic heterocycles. The summed E-state index contributed by atoms with van der Waals surface area (Å²) in [6.45, 7) is 4.92. The highest BCUT2D eigenvalue weighted by Crippen LogP contribution is 2.32. The number of rotatable bonds is 8. The van der Waals surface area contributed by atoms with Crippen LogP contribution in [0.25, 0.3) is 0 Å². The van der Waals surface area contributed by atoms with Gasteiger partial charge in [-0.25, -0.2) is 0 Å². The highest BCUT2D eigenvalue weighted by atomic mass is 35.5. The zero-order valence-corrected chi connectivity index (χ0v) is 21.8. The molecule has 2 atom stereocenters. The lowest BCUT2D eigenvalue weighted by molar-refractivity contribution is -0.187. The van der Waals surface area contributed by atoms with Crippen LogP contribution < -0.4 is 15.8 Å². The third-order valence-corrected chi connectivity index (χ3v) is 7.71. The Balaban J connectivity index is 1.22. The van der Waals surface area contributed by atoms with E-state index < -0.39 is 5.79 Å². The number of anilines is 1. The van der Waals surface area contributed by atoms with Crippen LogP contribution in [0.1, 0.15) is 42.5 Å². The molecule has 3 heterocycles. The van der Waals surface area contributed by atoms with Crippen molar-refractivity contribution in [2.24, 2.45) is 0 Å². The number of piperidine rings is 2. The Bertz CT molecular complexity index is 931. The second-order valence-corrected chi connectivity index (χ2v) is 10.0. The maximum absolute atomic E-state index is 13.0. The lowest BCUT2D eigenvalue weighted by Gasteiger charge is -2.39. The molecule has 11 heteroatoms. The molecule has 3 aliphatic heterocycles. The third-order valence-electron chi connectivity index (χ3n) is 7.38. The number of halogens is 1. The molecule has 1 spiro atoms. The summed E-state index contributed by atoms with van der Waals surface area (Å²) in [5.74, 6) is -0.185. The zero-order chi connectivity index (χ0) is 25.7. The van der Waals surface area contributed by atoms with E-state index in [-0.39, 0.29) is 24.0 Å². The average Bonchev–Trinajstić information content (AvgIpc) is 3.34. The number of benzene rings is 1. The molecule has 3 fully saturated rings. The van der Waals surface area contributed by atoms with Gasteiger partial charge in [-0.3, -0.25) is 9.59 Å². The predicted octanol–water partition coefficient (Wildman–Crippen LogP) is 1.90. The van der Waals surface area contributed by atoms with Crippen LogP contribution in [0.3, 0.4) is 0 Å². The van der Waals surface area contributed by atoms with Crippen LogP contribution in [0.5, 0.6) is 5.75 Å². The first-order chi connectivity index (χ1) is 17.3. The number of methoxy groups -OCH3 is 2. The summed E-state index contributed by atoms with van der Waals surface area (Å²) < 4.78 is 22.5. The Kier molecular flexibility index (Phi) is 8.95. The number of likely N-dealkylation sites (tertiary alicyclic amines) is 2. The molecule has 3 aliphatic rings. The second kappa shape index (κ2) is 12.0. The summed E-state index contributed by atoms with van der Waals surface area (Å²) >= 11 is 6.12. The number of nitrogen functional groups attached to an aromatic ring is 1. The maximum atomic E-state index is 13.0. The van der Waals surface area contributed by atoms with E-state index in [0.29, 0.717) is 61.3 Å². The van der Waals surface area contributed by atoms with E-state index in [2.05, 4.69) is 10.2 Å². The first kappa shape index (κ1) is 26.9. The summed E-state index contributed by atoms with van der Waals surface area (Å²) in [7, 11) is 3.14. The van der Waals surface area contributed by atoms with Crippen molar-refractivity contribution >= 4 is 29.1 Å². The molecular weight excluding hydrogens is 488 g/mol. The number of amides is 2. The SMILES string of the molecule is COc1cc(N)c(Cl)cc1C(=O)N[C@H]1CCN(CCCC(=O)N2CCC3(CC2)OCCO3)C[C@H]1OC. The number of carbonyl (C=O) groups excluding carboxylic acids is 2. The Morgan fingerprint density at radius 1 is 1.19 bits per heavy atom. The molecule has 0 aliphatic carbocycles. The quantitative estimate of drug-likeness (QED) is 0.495. The van der Waals surface area contributed by atoms with Gasteiger partial charge in [-0.05, 0) is 25.5 Å². The van der Waals surface area contributed by atoms with Crippen molar-refractivity contribution in [1.29, 1.82) is 0 Å². The Morgan fingerprint density at radius 2 is 1.92 bits per heavy atom. The Labute approximate surface area is 217 Å². The van der Waals surface area contributed by atoms with Crippen LogP contribution >= 0.6 is 11.6 Å². The van der Waals surface area contributed by atoms with Gasteiger partial charge in [0.1, 0.15) is 5.75 Å². The molecule has 0 unspecified atom stereocenters. The Morgan fingerprint density at radius 3 is 2.58 bits per heavy atom. The van der Waals surface area contributed by atoms with Crippen LogP contribution in [0.2, 0.25) is 5.02 Å². The van der Waals surface area contributed by atoms with Gasteiger partial charge in [-0.1, -0.05) is 11.6 Å². The van der Waals surface area contributed by atoms with E-state index in [1.165, 1.54) is 13.2 Å². The number of hydrogen-bond donors (Lipinski definition) is 2. The first-order valence-electron chi connectivity index (χ1n) is 12.6. The maximum Gasteiger partial charge on any atom is 0.255 e. The largest absolute Gasteiger partial charge is 0.496 e. The number of carbonyl (C=O) groups is 2. The number of hydrogen-bond acceptors (Lipinski definition) is 8. The average molecular weight is 525 g/mol. The molecule has 2 amide bonds. The summed E-state index contributed by atoms with van der Waals surface area (Å²) in [5.41, 5.74) is 6.52. The highest BCUT2D eigenvalue weighted by Gasteiger charge is 2.40. The first-order valence-corrected chi connectivity index (χ1v) is 13.0. The van der Waals surface area contributed by atoms with E-state index in [1.54, 1.807) is 13.2 Å². The molecule has 4 rings (SSSR count).